The minimum atomic E-state index is 0.344. The summed E-state index contributed by atoms with van der Waals surface area (Å²) in [6.07, 6.45) is 1.02. The zero-order valence-corrected chi connectivity index (χ0v) is 15.1. The molecule has 21 heavy (non-hydrogen) atoms. The van der Waals surface area contributed by atoms with Gasteiger partial charge in [0.05, 0.1) is 0 Å². The molecule has 0 heterocycles. The summed E-state index contributed by atoms with van der Waals surface area (Å²) in [7, 11) is 2.04. The third kappa shape index (κ3) is 3.75. The van der Waals surface area contributed by atoms with E-state index in [1.54, 1.807) is 0 Å². The number of nitrogens with one attached hydrogen (secondary N) is 1. The molecule has 2 aromatic rings. The Hall–Kier alpha value is -1.12. The van der Waals surface area contributed by atoms with Gasteiger partial charge in [-0.1, -0.05) is 51.8 Å². The van der Waals surface area contributed by atoms with Gasteiger partial charge >= 0.3 is 0 Å². The van der Waals surface area contributed by atoms with Crippen molar-refractivity contribution >= 4 is 15.9 Å². The molecule has 2 heteroatoms. The smallest absolute Gasteiger partial charge is 0.0358 e. The highest BCUT2D eigenvalue weighted by Crippen LogP contribution is 2.28. The predicted molar refractivity (Wildman–Crippen MR) is 95.0 cm³/mol. The third-order valence-electron chi connectivity index (χ3n) is 4.14. The molecule has 2 aromatic carbocycles. The fraction of sp³-hybridized carbons (Fsp3) is 0.368. The van der Waals surface area contributed by atoms with Gasteiger partial charge in [-0.15, -0.1) is 0 Å². The molecule has 0 aliphatic heterocycles. The predicted octanol–water partition coefficient (Wildman–Crippen LogP) is 5.19. The van der Waals surface area contributed by atoms with Crippen LogP contribution >= 0.6 is 15.9 Å². The normalized spacial score (nSPS) is 12.5. The van der Waals surface area contributed by atoms with E-state index in [-0.39, 0.29) is 0 Å². The van der Waals surface area contributed by atoms with Gasteiger partial charge in [0.15, 0.2) is 0 Å². The number of hydrogen-bond acceptors (Lipinski definition) is 1. The first-order valence-corrected chi connectivity index (χ1v) is 8.21. The van der Waals surface area contributed by atoms with Crippen LogP contribution in [0.2, 0.25) is 0 Å². The average Bonchev–Trinajstić information content (AvgIpc) is 2.45. The Labute approximate surface area is 136 Å². The van der Waals surface area contributed by atoms with Gasteiger partial charge in [0, 0.05) is 10.5 Å². The van der Waals surface area contributed by atoms with Crippen molar-refractivity contribution in [3.05, 3.63) is 68.2 Å². The zero-order valence-electron chi connectivity index (χ0n) is 13.5. The van der Waals surface area contributed by atoms with Crippen LogP contribution in [0.1, 0.15) is 39.4 Å². The summed E-state index contributed by atoms with van der Waals surface area (Å²) in [4.78, 5) is 0. The second-order valence-electron chi connectivity index (χ2n) is 5.94. The van der Waals surface area contributed by atoms with Gasteiger partial charge in [-0.05, 0) is 69.0 Å². The quantitative estimate of drug-likeness (QED) is 0.804. The summed E-state index contributed by atoms with van der Waals surface area (Å²) in [6, 6.07) is 11.6. The van der Waals surface area contributed by atoms with Crippen molar-refractivity contribution in [3.8, 4) is 0 Å². The number of aryl methyl sites for hydroxylation is 4. The Morgan fingerprint density at radius 2 is 1.57 bits per heavy atom. The molecular weight excluding hydrogens is 322 g/mol. The lowest BCUT2D eigenvalue weighted by Crippen LogP contribution is -2.19. The van der Waals surface area contributed by atoms with E-state index in [2.05, 4.69) is 79.3 Å². The highest BCUT2D eigenvalue weighted by molar-refractivity contribution is 9.10. The third-order valence-corrected chi connectivity index (χ3v) is 5.39. The Bertz CT molecular complexity index is 623. The second-order valence-corrected chi connectivity index (χ2v) is 6.74. The Morgan fingerprint density at radius 3 is 2.14 bits per heavy atom. The second kappa shape index (κ2) is 6.76. The maximum absolute atomic E-state index is 3.65. The van der Waals surface area contributed by atoms with Gasteiger partial charge in [-0.25, -0.2) is 0 Å². The highest BCUT2D eigenvalue weighted by Gasteiger charge is 2.14. The van der Waals surface area contributed by atoms with Crippen molar-refractivity contribution in [3.63, 3.8) is 0 Å². The van der Waals surface area contributed by atoms with Crippen LogP contribution in [0.4, 0.5) is 0 Å². The minimum Gasteiger partial charge on any atom is -0.313 e. The topological polar surface area (TPSA) is 12.0 Å². The molecule has 1 N–H and O–H groups in total. The minimum absolute atomic E-state index is 0.344. The van der Waals surface area contributed by atoms with Crippen molar-refractivity contribution in [1.29, 1.82) is 0 Å². The van der Waals surface area contributed by atoms with Crippen LogP contribution in [-0.2, 0) is 6.42 Å². The van der Waals surface area contributed by atoms with Gasteiger partial charge in [-0.2, -0.15) is 0 Å². The number of likely N-dealkylation sites (N-methyl/N-ethyl adjacent to an activating group) is 1. The van der Waals surface area contributed by atoms with Gasteiger partial charge in [0.2, 0.25) is 0 Å². The molecule has 0 aliphatic rings. The Kier molecular flexibility index (Phi) is 5.23. The molecule has 1 unspecified atom stereocenters. The lowest BCUT2D eigenvalue weighted by Gasteiger charge is -2.20. The first-order chi connectivity index (χ1) is 9.92. The van der Waals surface area contributed by atoms with Crippen LogP contribution in [0.15, 0.2) is 34.8 Å². The van der Waals surface area contributed by atoms with Gasteiger partial charge in [0.1, 0.15) is 0 Å². The van der Waals surface area contributed by atoms with Crippen LogP contribution in [-0.4, -0.2) is 7.05 Å². The summed E-state index contributed by atoms with van der Waals surface area (Å²) in [5.74, 6) is 0. The van der Waals surface area contributed by atoms with Crippen LogP contribution in [0.5, 0.6) is 0 Å². The van der Waals surface area contributed by atoms with Gasteiger partial charge in [0.25, 0.3) is 0 Å². The molecule has 112 valence electrons. The molecule has 1 nitrogen and oxygen atoms in total. The fourth-order valence-electron chi connectivity index (χ4n) is 2.81. The van der Waals surface area contributed by atoms with Crippen molar-refractivity contribution in [2.24, 2.45) is 0 Å². The molecule has 0 bridgehead atoms. The van der Waals surface area contributed by atoms with Crippen LogP contribution in [0.25, 0.3) is 0 Å². The number of benzene rings is 2. The summed E-state index contributed by atoms with van der Waals surface area (Å²) in [5.41, 5.74) is 8.07. The van der Waals surface area contributed by atoms with Crippen molar-refractivity contribution in [2.75, 3.05) is 7.05 Å². The number of rotatable bonds is 4. The van der Waals surface area contributed by atoms with E-state index < -0.39 is 0 Å². The largest absolute Gasteiger partial charge is 0.313 e. The van der Waals surface area contributed by atoms with Crippen molar-refractivity contribution in [2.45, 2.75) is 40.2 Å². The standard InChI is InChI=1S/C19H24BrN/c1-12-6-7-13(2)16(8-12)11-18(21-5)17-9-14(3)19(20)15(4)10-17/h6-10,18,21H,11H2,1-5H3. The fourth-order valence-corrected chi connectivity index (χ4v) is 3.04. The van der Waals surface area contributed by atoms with Crippen LogP contribution in [0.3, 0.4) is 0 Å². The molecule has 0 saturated carbocycles. The summed E-state index contributed by atoms with van der Waals surface area (Å²) in [6.45, 7) is 8.67. The van der Waals surface area contributed by atoms with E-state index in [0.29, 0.717) is 6.04 Å². The van der Waals surface area contributed by atoms with E-state index in [4.69, 9.17) is 0 Å². The molecule has 0 amide bonds. The maximum Gasteiger partial charge on any atom is 0.0358 e. The summed E-state index contributed by atoms with van der Waals surface area (Å²) >= 11 is 3.65. The van der Waals surface area contributed by atoms with Crippen LogP contribution < -0.4 is 5.32 Å². The van der Waals surface area contributed by atoms with Crippen molar-refractivity contribution in [1.82, 2.24) is 5.32 Å². The van der Waals surface area contributed by atoms with E-state index >= 15 is 0 Å². The van der Waals surface area contributed by atoms with Gasteiger partial charge < -0.3 is 5.32 Å². The van der Waals surface area contributed by atoms with E-state index in [1.807, 2.05) is 7.05 Å². The number of hydrogen-bond donors (Lipinski definition) is 1. The molecule has 2 rings (SSSR count). The SMILES string of the molecule is CNC(Cc1cc(C)ccc1C)c1cc(C)c(Br)c(C)c1. The van der Waals surface area contributed by atoms with Crippen molar-refractivity contribution < 1.29 is 0 Å². The molecule has 0 saturated heterocycles. The monoisotopic (exact) mass is 345 g/mol. The summed E-state index contributed by atoms with van der Waals surface area (Å²) < 4.78 is 1.22. The lowest BCUT2D eigenvalue weighted by atomic mass is 9.93. The van der Waals surface area contributed by atoms with E-state index in [9.17, 15) is 0 Å². The first kappa shape index (κ1) is 16.3. The van der Waals surface area contributed by atoms with E-state index in [1.165, 1.54) is 37.9 Å². The number of halogens is 1. The van der Waals surface area contributed by atoms with Gasteiger partial charge in [-0.3, -0.25) is 0 Å². The summed E-state index contributed by atoms with van der Waals surface area (Å²) in [5, 5.41) is 3.47. The molecule has 0 radical (unpaired) electrons. The lowest BCUT2D eigenvalue weighted by molar-refractivity contribution is 0.589. The molecule has 1 atom stereocenters. The average molecular weight is 346 g/mol. The first-order valence-electron chi connectivity index (χ1n) is 7.42. The molecule has 0 fully saturated rings. The maximum atomic E-state index is 3.65. The highest BCUT2D eigenvalue weighted by atomic mass is 79.9. The molecule has 0 aromatic heterocycles. The van der Waals surface area contributed by atoms with E-state index in [0.717, 1.165) is 6.42 Å². The Morgan fingerprint density at radius 1 is 0.952 bits per heavy atom. The molecule has 0 spiro atoms. The van der Waals surface area contributed by atoms with Crippen LogP contribution in [0, 0.1) is 27.7 Å². The molecular formula is C19H24BrN. The molecule has 0 aliphatic carbocycles. The zero-order chi connectivity index (χ0) is 15.6. The Balaban J connectivity index is 2.34.